The molecule has 0 saturated heterocycles. The summed E-state index contributed by atoms with van der Waals surface area (Å²) >= 11 is 1.50. The van der Waals surface area contributed by atoms with Gasteiger partial charge in [-0.25, -0.2) is 14.5 Å². The summed E-state index contributed by atoms with van der Waals surface area (Å²) in [7, 11) is 0. The van der Waals surface area contributed by atoms with Gasteiger partial charge in [-0.2, -0.15) is 10.0 Å². The Bertz CT molecular complexity index is 1010. The van der Waals surface area contributed by atoms with Crippen LogP contribution in [0.5, 0.6) is 0 Å². The third-order valence-electron chi connectivity index (χ3n) is 4.07. The van der Waals surface area contributed by atoms with Gasteiger partial charge in [-0.15, -0.1) is 0 Å². The monoisotopic (exact) mass is 349 g/mol. The summed E-state index contributed by atoms with van der Waals surface area (Å²) in [6.45, 7) is 0. The van der Waals surface area contributed by atoms with E-state index in [-0.39, 0.29) is 6.04 Å². The van der Waals surface area contributed by atoms with Gasteiger partial charge in [0, 0.05) is 18.0 Å². The maximum atomic E-state index is 11.0. The van der Waals surface area contributed by atoms with Crippen LogP contribution in [0.4, 0.5) is 0 Å². The van der Waals surface area contributed by atoms with E-state index >= 15 is 0 Å². The van der Waals surface area contributed by atoms with Gasteiger partial charge in [0.1, 0.15) is 11.7 Å². The Morgan fingerprint density at radius 2 is 2.24 bits per heavy atom. The molecule has 3 aromatic heterocycles. The molecule has 3 heterocycles. The molecule has 0 aromatic carbocycles. The van der Waals surface area contributed by atoms with E-state index in [2.05, 4.69) is 15.1 Å². The van der Waals surface area contributed by atoms with Crippen LogP contribution in [0.15, 0.2) is 65.2 Å². The highest BCUT2D eigenvalue weighted by atomic mass is 32.2. The quantitative estimate of drug-likeness (QED) is 0.404. The summed E-state index contributed by atoms with van der Waals surface area (Å²) in [4.78, 5) is 19.9. The lowest BCUT2D eigenvalue weighted by molar-refractivity contribution is 0.821. The Morgan fingerprint density at radius 1 is 1.32 bits per heavy atom. The molecule has 1 aliphatic rings. The number of thioether (sulfide) groups is 1. The minimum absolute atomic E-state index is 0.357. The molecule has 6 nitrogen and oxygen atoms in total. The van der Waals surface area contributed by atoms with Gasteiger partial charge in [0.2, 0.25) is 0 Å². The molecule has 7 heteroatoms. The maximum Gasteiger partial charge on any atom is 0.187 e. The second kappa shape index (κ2) is 6.60. The fourth-order valence-electron chi connectivity index (χ4n) is 2.93. The fraction of sp³-hybridized carbons (Fsp3) is 0.167. The number of hydrogen-bond donors (Lipinski definition) is 0. The first-order valence-electron chi connectivity index (χ1n) is 7.86. The molecule has 0 amide bonds. The molecule has 0 radical (unpaired) electrons. The van der Waals surface area contributed by atoms with Gasteiger partial charge >= 0.3 is 0 Å². The zero-order chi connectivity index (χ0) is 17.2. The maximum absolute atomic E-state index is 11.0. The summed E-state index contributed by atoms with van der Waals surface area (Å²) in [6, 6.07) is 7.44. The van der Waals surface area contributed by atoms with Crippen molar-refractivity contribution in [1.29, 1.82) is 0 Å². The zero-order valence-corrected chi connectivity index (χ0v) is 14.3. The molecule has 25 heavy (non-hydrogen) atoms. The number of allylic oxidation sites excluding steroid dienone is 2. The van der Waals surface area contributed by atoms with Crippen LogP contribution in [0.1, 0.15) is 12.1 Å². The molecule has 124 valence electrons. The van der Waals surface area contributed by atoms with Crippen molar-refractivity contribution in [2.24, 2.45) is 5.18 Å². The van der Waals surface area contributed by atoms with Crippen molar-refractivity contribution >= 4 is 22.9 Å². The first-order valence-corrected chi connectivity index (χ1v) is 9.08. The molecule has 3 aromatic rings. The molecule has 1 atom stereocenters. The molecular weight excluding hydrogens is 334 g/mol. The molecule has 1 unspecified atom stereocenters. The Morgan fingerprint density at radius 3 is 3.08 bits per heavy atom. The molecule has 0 bridgehead atoms. The van der Waals surface area contributed by atoms with Gasteiger partial charge in [-0.3, -0.25) is 0 Å². The highest BCUT2D eigenvalue weighted by Crippen LogP contribution is 2.34. The third-order valence-corrected chi connectivity index (χ3v) is 4.63. The van der Waals surface area contributed by atoms with E-state index in [1.165, 1.54) is 11.8 Å². The second-order valence-electron chi connectivity index (χ2n) is 5.62. The van der Waals surface area contributed by atoms with Crippen molar-refractivity contribution in [2.45, 2.75) is 17.6 Å². The number of aromatic nitrogens is 4. The van der Waals surface area contributed by atoms with Crippen molar-refractivity contribution in [3.8, 4) is 11.3 Å². The molecular formula is C18H15N5OS. The van der Waals surface area contributed by atoms with Crippen LogP contribution < -0.4 is 0 Å². The SMILES string of the molecule is CSc1nccc(-c2c(C3=CC(N=O)CC=C3)nn3ccccc23)n1. The second-order valence-corrected chi connectivity index (χ2v) is 6.39. The number of nitrogens with zero attached hydrogens (tertiary/aromatic N) is 5. The summed E-state index contributed by atoms with van der Waals surface area (Å²) in [5, 5.41) is 8.60. The van der Waals surface area contributed by atoms with Gasteiger partial charge in [0.05, 0.1) is 16.8 Å². The number of fused-ring (bicyclic) bond motifs is 1. The molecule has 0 N–H and O–H groups in total. The van der Waals surface area contributed by atoms with Crippen molar-refractivity contribution < 1.29 is 0 Å². The van der Waals surface area contributed by atoms with E-state index in [0.29, 0.717) is 11.6 Å². The first kappa shape index (κ1) is 15.7. The van der Waals surface area contributed by atoms with Gasteiger partial charge in [0.25, 0.3) is 0 Å². The number of hydrogen-bond acceptors (Lipinski definition) is 6. The van der Waals surface area contributed by atoms with Gasteiger partial charge in [-0.1, -0.05) is 35.2 Å². The fourth-order valence-corrected chi connectivity index (χ4v) is 3.28. The minimum atomic E-state index is -0.357. The van der Waals surface area contributed by atoms with E-state index < -0.39 is 0 Å². The van der Waals surface area contributed by atoms with Crippen LogP contribution in [0.3, 0.4) is 0 Å². The predicted molar refractivity (Wildman–Crippen MR) is 99.3 cm³/mol. The van der Waals surface area contributed by atoms with Crippen LogP contribution in [-0.2, 0) is 0 Å². The Balaban J connectivity index is 1.97. The normalized spacial score (nSPS) is 16.8. The summed E-state index contributed by atoms with van der Waals surface area (Å²) in [5.74, 6) is 0. The highest BCUT2D eigenvalue weighted by molar-refractivity contribution is 7.98. The van der Waals surface area contributed by atoms with Crippen molar-refractivity contribution in [3.05, 3.63) is 65.5 Å². The van der Waals surface area contributed by atoms with Crippen LogP contribution in [0.25, 0.3) is 22.3 Å². The van der Waals surface area contributed by atoms with E-state index in [9.17, 15) is 4.91 Å². The van der Waals surface area contributed by atoms with Crippen molar-refractivity contribution in [3.63, 3.8) is 0 Å². The van der Waals surface area contributed by atoms with Gasteiger partial charge in [-0.05, 0) is 37.0 Å². The van der Waals surface area contributed by atoms with Gasteiger partial charge < -0.3 is 0 Å². The number of pyridine rings is 1. The van der Waals surface area contributed by atoms with Crippen LogP contribution in [0.2, 0.25) is 0 Å². The molecule has 0 fully saturated rings. The standard InChI is InChI=1S/C18H15N5OS/c1-25-18-19-9-8-14(20-18)16-15-7-2-3-10-23(15)21-17(16)12-5-4-6-13(11-12)22-24/h2-5,7-11,13H,6H2,1H3. The first-order chi connectivity index (χ1) is 12.3. The predicted octanol–water partition coefficient (Wildman–Crippen LogP) is 3.99. The van der Waals surface area contributed by atoms with E-state index in [1.54, 1.807) is 6.20 Å². The van der Waals surface area contributed by atoms with Crippen molar-refractivity contribution in [1.82, 2.24) is 19.6 Å². The number of nitroso groups, excluding NO2 is 1. The summed E-state index contributed by atoms with van der Waals surface area (Å²) in [6.07, 6.45) is 12.1. The van der Waals surface area contributed by atoms with E-state index in [0.717, 1.165) is 28.0 Å². The molecule has 0 spiro atoms. The lowest BCUT2D eigenvalue weighted by atomic mass is 9.97. The van der Waals surface area contributed by atoms with E-state index in [4.69, 9.17) is 5.10 Å². The Kier molecular flexibility index (Phi) is 4.15. The van der Waals surface area contributed by atoms with E-state index in [1.807, 2.05) is 59.5 Å². The molecule has 1 aliphatic carbocycles. The van der Waals surface area contributed by atoms with Gasteiger partial charge in [0.15, 0.2) is 5.16 Å². The van der Waals surface area contributed by atoms with Crippen molar-refractivity contribution in [2.75, 3.05) is 6.26 Å². The summed E-state index contributed by atoms with van der Waals surface area (Å²) < 4.78 is 1.83. The lowest BCUT2D eigenvalue weighted by Gasteiger charge is -2.10. The minimum Gasteiger partial charge on any atom is -0.240 e. The largest absolute Gasteiger partial charge is 0.240 e. The lowest BCUT2D eigenvalue weighted by Crippen LogP contribution is -2.03. The average Bonchev–Trinajstić information content (AvgIpc) is 3.07. The third kappa shape index (κ3) is 2.87. The molecule has 0 saturated carbocycles. The van der Waals surface area contributed by atoms with Crippen LogP contribution in [-0.4, -0.2) is 31.9 Å². The van der Waals surface area contributed by atoms with Crippen LogP contribution >= 0.6 is 11.8 Å². The molecule has 0 aliphatic heterocycles. The summed E-state index contributed by atoms with van der Waals surface area (Å²) in [5.41, 5.74) is 4.38. The Labute approximate surface area is 148 Å². The number of rotatable bonds is 4. The van der Waals surface area contributed by atoms with Crippen LogP contribution in [0, 0.1) is 4.91 Å². The smallest absolute Gasteiger partial charge is 0.187 e. The highest BCUT2D eigenvalue weighted by Gasteiger charge is 2.21. The zero-order valence-electron chi connectivity index (χ0n) is 13.5. The average molecular weight is 349 g/mol. The topological polar surface area (TPSA) is 72.5 Å². The Hall–Kier alpha value is -2.80. The molecule has 4 rings (SSSR count).